The molecule has 154 valence electrons. The van der Waals surface area contributed by atoms with Gasteiger partial charge in [0, 0.05) is 48.3 Å². The molecule has 0 saturated heterocycles. The monoisotopic (exact) mass is 415 g/mol. The van der Waals surface area contributed by atoms with Gasteiger partial charge in [0.2, 0.25) is 0 Å². The number of carbonyl (C=O) groups is 2. The molecule has 1 aromatic carbocycles. The van der Waals surface area contributed by atoms with Gasteiger partial charge in [-0.05, 0) is 50.3 Å². The highest BCUT2D eigenvalue weighted by atomic mass is 35.5. The molecule has 0 unspecified atom stereocenters. The van der Waals surface area contributed by atoms with Crippen molar-refractivity contribution in [1.82, 2.24) is 4.90 Å². The summed E-state index contributed by atoms with van der Waals surface area (Å²) in [5.41, 5.74) is 4.39. The minimum absolute atomic E-state index is 0.122. The molecule has 29 heavy (non-hydrogen) atoms. The lowest BCUT2D eigenvalue weighted by Crippen LogP contribution is -2.37. The van der Waals surface area contributed by atoms with Gasteiger partial charge in [0.1, 0.15) is 0 Å². The molecule has 1 aliphatic heterocycles. The fraction of sp³-hybridized carbons (Fsp3) is 0.478. The first-order valence-corrected chi connectivity index (χ1v) is 10.6. The lowest BCUT2D eigenvalue weighted by Gasteiger charge is -2.42. The van der Waals surface area contributed by atoms with E-state index in [1.54, 1.807) is 7.11 Å². The number of ether oxygens (including phenoxy) is 2. The standard InChI is InChI=1S/C23H26ClNO4/c1-4-29-23-14(24)11-13(12-19(23)28-3)20-21-15(7-5-9-17(21)26)25(2)16-8-6-10-18(27)22(16)20/h11-12,20H,4-10H2,1-3H3. The summed E-state index contributed by atoms with van der Waals surface area (Å²) < 4.78 is 11.2. The second-order valence-corrected chi connectivity index (χ2v) is 8.14. The fourth-order valence-electron chi connectivity index (χ4n) is 4.88. The molecule has 6 heteroatoms. The molecule has 0 amide bonds. The van der Waals surface area contributed by atoms with Crippen LogP contribution in [0.15, 0.2) is 34.7 Å². The second-order valence-electron chi connectivity index (χ2n) is 7.73. The van der Waals surface area contributed by atoms with Gasteiger partial charge in [0.05, 0.1) is 18.7 Å². The number of benzene rings is 1. The Morgan fingerprint density at radius 3 is 2.14 bits per heavy atom. The van der Waals surface area contributed by atoms with E-state index in [2.05, 4.69) is 4.90 Å². The Kier molecular flexibility index (Phi) is 5.43. The fourth-order valence-corrected chi connectivity index (χ4v) is 5.15. The first kappa shape index (κ1) is 20.0. The van der Waals surface area contributed by atoms with E-state index < -0.39 is 0 Å². The molecule has 5 nitrogen and oxygen atoms in total. The average molecular weight is 416 g/mol. The molecule has 0 radical (unpaired) electrons. The van der Waals surface area contributed by atoms with Crippen LogP contribution in [0.5, 0.6) is 11.5 Å². The lowest BCUT2D eigenvalue weighted by molar-refractivity contribution is -0.117. The summed E-state index contributed by atoms with van der Waals surface area (Å²) in [4.78, 5) is 28.2. The van der Waals surface area contributed by atoms with Crippen LogP contribution >= 0.6 is 11.6 Å². The van der Waals surface area contributed by atoms with E-state index in [9.17, 15) is 9.59 Å². The Morgan fingerprint density at radius 2 is 1.62 bits per heavy atom. The third-order valence-electron chi connectivity index (χ3n) is 6.12. The summed E-state index contributed by atoms with van der Waals surface area (Å²) in [7, 11) is 3.56. The Labute approximate surface area is 176 Å². The molecular weight excluding hydrogens is 390 g/mol. The van der Waals surface area contributed by atoms with Gasteiger partial charge in [-0.3, -0.25) is 9.59 Å². The molecule has 0 N–H and O–H groups in total. The van der Waals surface area contributed by atoms with Crippen molar-refractivity contribution in [3.63, 3.8) is 0 Å². The van der Waals surface area contributed by atoms with Crippen LogP contribution in [0.25, 0.3) is 0 Å². The maximum atomic E-state index is 13.0. The number of rotatable bonds is 4. The maximum absolute atomic E-state index is 13.0. The third kappa shape index (κ3) is 3.25. The van der Waals surface area contributed by atoms with Crippen molar-refractivity contribution in [3.8, 4) is 11.5 Å². The molecule has 3 aliphatic rings. The van der Waals surface area contributed by atoms with Crippen LogP contribution in [0.2, 0.25) is 5.02 Å². The zero-order valence-corrected chi connectivity index (χ0v) is 17.9. The summed E-state index contributed by atoms with van der Waals surface area (Å²) in [5.74, 6) is 0.860. The summed E-state index contributed by atoms with van der Waals surface area (Å²) in [5, 5.41) is 0.427. The van der Waals surface area contributed by atoms with Crippen molar-refractivity contribution in [2.75, 3.05) is 20.8 Å². The van der Waals surface area contributed by atoms with E-state index in [4.69, 9.17) is 21.1 Å². The average Bonchev–Trinajstić information content (AvgIpc) is 2.71. The van der Waals surface area contributed by atoms with Gasteiger partial charge in [-0.2, -0.15) is 0 Å². The first-order valence-electron chi connectivity index (χ1n) is 10.2. The van der Waals surface area contributed by atoms with Crippen LogP contribution in [0.3, 0.4) is 0 Å². The predicted octanol–water partition coefficient (Wildman–Crippen LogP) is 4.79. The summed E-state index contributed by atoms with van der Waals surface area (Å²) in [6.07, 6.45) is 4.42. The van der Waals surface area contributed by atoms with Gasteiger partial charge in [0.25, 0.3) is 0 Å². The van der Waals surface area contributed by atoms with Gasteiger partial charge >= 0.3 is 0 Å². The van der Waals surface area contributed by atoms with Gasteiger partial charge in [-0.25, -0.2) is 0 Å². The SMILES string of the molecule is CCOc1c(Cl)cc(C2C3=C(CCCC3=O)N(C)C3=C2C(=O)CCC3)cc1OC. The normalized spacial score (nSPS) is 20.1. The Morgan fingerprint density at radius 1 is 1.03 bits per heavy atom. The number of allylic oxidation sites excluding steroid dienone is 4. The quantitative estimate of drug-likeness (QED) is 0.707. The van der Waals surface area contributed by atoms with Crippen LogP contribution in [-0.2, 0) is 9.59 Å². The Bertz CT molecular complexity index is 902. The van der Waals surface area contributed by atoms with Crippen molar-refractivity contribution in [1.29, 1.82) is 0 Å². The Hall–Kier alpha value is -2.27. The summed E-state index contributed by atoms with van der Waals surface area (Å²) in [6, 6.07) is 3.69. The predicted molar refractivity (Wildman–Crippen MR) is 111 cm³/mol. The number of ketones is 2. The summed E-state index contributed by atoms with van der Waals surface area (Å²) >= 11 is 6.55. The van der Waals surface area contributed by atoms with E-state index in [0.717, 1.165) is 53.8 Å². The second kappa shape index (κ2) is 7.86. The molecule has 0 fully saturated rings. The van der Waals surface area contributed by atoms with Crippen molar-refractivity contribution in [3.05, 3.63) is 45.3 Å². The molecule has 0 bridgehead atoms. The number of Topliss-reactive ketones (excluding diaryl/α,β-unsaturated/α-hetero) is 2. The third-order valence-corrected chi connectivity index (χ3v) is 6.40. The Balaban J connectivity index is 1.94. The van der Waals surface area contributed by atoms with Crippen molar-refractivity contribution < 1.29 is 19.1 Å². The molecule has 1 aromatic rings. The first-order chi connectivity index (χ1) is 14.0. The molecule has 0 aromatic heterocycles. The molecular formula is C23H26ClNO4. The van der Waals surface area contributed by atoms with E-state index in [0.29, 0.717) is 36.0 Å². The van der Waals surface area contributed by atoms with Crippen LogP contribution in [0, 0.1) is 0 Å². The highest BCUT2D eigenvalue weighted by Crippen LogP contribution is 2.50. The smallest absolute Gasteiger partial charge is 0.179 e. The molecule has 0 spiro atoms. The molecule has 2 aliphatic carbocycles. The van der Waals surface area contributed by atoms with Crippen LogP contribution < -0.4 is 9.47 Å². The zero-order valence-electron chi connectivity index (χ0n) is 17.1. The minimum atomic E-state index is -0.390. The van der Waals surface area contributed by atoms with E-state index in [1.165, 1.54) is 0 Å². The van der Waals surface area contributed by atoms with Crippen LogP contribution in [0.4, 0.5) is 0 Å². The van der Waals surface area contributed by atoms with Crippen LogP contribution in [0.1, 0.15) is 56.9 Å². The van der Waals surface area contributed by atoms with Crippen molar-refractivity contribution >= 4 is 23.2 Å². The van der Waals surface area contributed by atoms with E-state index in [-0.39, 0.29) is 17.5 Å². The number of hydrogen-bond acceptors (Lipinski definition) is 5. The molecule has 1 heterocycles. The topological polar surface area (TPSA) is 55.8 Å². The number of carbonyl (C=O) groups excluding carboxylic acids is 2. The number of nitrogens with zero attached hydrogens (tertiary/aromatic N) is 1. The lowest BCUT2D eigenvalue weighted by atomic mass is 9.71. The van der Waals surface area contributed by atoms with Crippen LogP contribution in [-0.4, -0.2) is 37.2 Å². The van der Waals surface area contributed by atoms with Gasteiger partial charge in [-0.15, -0.1) is 0 Å². The van der Waals surface area contributed by atoms with E-state index >= 15 is 0 Å². The van der Waals surface area contributed by atoms with Gasteiger partial charge in [0.15, 0.2) is 23.1 Å². The molecule has 0 saturated carbocycles. The van der Waals surface area contributed by atoms with Crippen molar-refractivity contribution in [2.45, 2.75) is 51.4 Å². The summed E-state index contributed by atoms with van der Waals surface area (Å²) in [6.45, 7) is 2.35. The van der Waals surface area contributed by atoms with E-state index in [1.807, 2.05) is 26.1 Å². The zero-order chi connectivity index (χ0) is 20.7. The van der Waals surface area contributed by atoms with Gasteiger partial charge < -0.3 is 14.4 Å². The highest BCUT2D eigenvalue weighted by molar-refractivity contribution is 6.32. The number of halogens is 1. The molecule has 0 atom stereocenters. The largest absolute Gasteiger partial charge is 0.493 e. The maximum Gasteiger partial charge on any atom is 0.179 e. The number of hydrogen-bond donors (Lipinski definition) is 0. The molecule has 4 rings (SSSR count). The number of methoxy groups -OCH3 is 1. The van der Waals surface area contributed by atoms with Crippen molar-refractivity contribution in [2.24, 2.45) is 0 Å². The highest BCUT2D eigenvalue weighted by Gasteiger charge is 2.42. The van der Waals surface area contributed by atoms with Gasteiger partial charge in [-0.1, -0.05) is 11.6 Å². The minimum Gasteiger partial charge on any atom is -0.493 e.